The normalized spacial score (nSPS) is 24.9. The molecule has 0 bridgehead atoms. The first kappa shape index (κ1) is 15.0. The van der Waals surface area contributed by atoms with Gasteiger partial charge in [-0.1, -0.05) is 43.7 Å². The van der Waals surface area contributed by atoms with Crippen LogP contribution in [0.3, 0.4) is 0 Å². The molecule has 2 rings (SSSR count). The molecule has 1 aliphatic carbocycles. The van der Waals surface area contributed by atoms with E-state index in [1.807, 2.05) is 18.2 Å². The van der Waals surface area contributed by atoms with Crippen molar-refractivity contribution in [1.82, 2.24) is 5.32 Å². The van der Waals surface area contributed by atoms with E-state index in [2.05, 4.69) is 30.4 Å². The Morgan fingerprint density at radius 2 is 2.05 bits per heavy atom. The number of hydrogen-bond acceptors (Lipinski definition) is 3. The van der Waals surface area contributed by atoms with Gasteiger partial charge in [0.25, 0.3) is 0 Å². The molecule has 1 aliphatic rings. The first-order valence-electron chi connectivity index (χ1n) is 7.58. The van der Waals surface area contributed by atoms with Crippen LogP contribution in [-0.4, -0.2) is 25.8 Å². The number of rotatable bonds is 8. The van der Waals surface area contributed by atoms with E-state index in [4.69, 9.17) is 4.74 Å². The van der Waals surface area contributed by atoms with Crippen LogP contribution in [0.1, 0.15) is 38.2 Å². The van der Waals surface area contributed by atoms with E-state index in [-0.39, 0.29) is 5.41 Å². The molecule has 0 aromatic heterocycles. The average Bonchev–Trinajstić information content (AvgIpc) is 2.46. The third kappa shape index (κ3) is 3.59. The van der Waals surface area contributed by atoms with Crippen LogP contribution in [0.5, 0.6) is 0 Å². The van der Waals surface area contributed by atoms with Crippen LogP contribution in [-0.2, 0) is 10.2 Å². The fourth-order valence-electron chi connectivity index (χ4n) is 2.76. The Morgan fingerprint density at radius 3 is 2.70 bits per heavy atom. The molecule has 3 nitrogen and oxygen atoms in total. The van der Waals surface area contributed by atoms with Crippen LogP contribution in [0.4, 0.5) is 0 Å². The molecule has 3 heteroatoms. The zero-order chi connectivity index (χ0) is 14.3. The van der Waals surface area contributed by atoms with Gasteiger partial charge < -0.3 is 10.1 Å². The second-order valence-electron chi connectivity index (χ2n) is 5.59. The summed E-state index contributed by atoms with van der Waals surface area (Å²) in [5, 5.41) is 13.0. The minimum atomic E-state index is -0.276. The fraction of sp³-hybridized carbons (Fsp3) is 0.588. The number of nitrogens with one attached hydrogen (secondary N) is 1. The van der Waals surface area contributed by atoms with Gasteiger partial charge in [0.05, 0.1) is 18.1 Å². The number of benzene rings is 1. The summed E-state index contributed by atoms with van der Waals surface area (Å²) in [6, 6.07) is 13.1. The SMILES string of the molecule is CCCCOCCNC1CC(C#N)(c2ccccc2)C1. The standard InChI is InChI=1S/C17H24N2O/c1-2-3-10-20-11-9-19-16-12-17(13-16,14-18)15-7-5-4-6-8-15/h4-8,16,19H,2-3,9-13H2,1H3. The van der Waals surface area contributed by atoms with Crippen molar-refractivity contribution in [1.29, 1.82) is 5.26 Å². The van der Waals surface area contributed by atoms with Gasteiger partial charge in [-0.15, -0.1) is 0 Å². The van der Waals surface area contributed by atoms with E-state index in [1.54, 1.807) is 0 Å². The lowest BCUT2D eigenvalue weighted by atomic mass is 9.62. The Bertz CT molecular complexity index is 432. The molecule has 0 amide bonds. The molecule has 0 saturated heterocycles. The molecule has 0 heterocycles. The van der Waals surface area contributed by atoms with Crippen molar-refractivity contribution in [2.45, 2.75) is 44.1 Å². The van der Waals surface area contributed by atoms with E-state index < -0.39 is 0 Å². The smallest absolute Gasteiger partial charge is 0.0852 e. The second kappa shape index (κ2) is 7.42. The van der Waals surface area contributed by atoms with Gasteiger partial charge in [-0.25, -0.2) is 0 Å². The molecular weight excluding hydrogens is 248 g/mol. The van der Waals surface area contributed by atoms with Crippen molar-refractivity contribution in [3.05, 3.63) is 35.9 Å². The van der Waals surface area contributed by atoms with E-state index >= 15 is 0 Å². The Balaban J connectivity index is 1.69. The molecule has 1 aromatic rings. The van der Waals surface area contributed by atoms with E-state index in [0.29, 0.717) is 6.04 Å². The molecule has 0 spiro atoms. The topological polar surface area (TPSA) is 45.0 Å². The molecule has 1 fully saturated rings. The van der Waals surface area contributed by atoms with Gasteiger partial charge in [0.2, 0.25) is 0 Å². The first-order valence-corrected chi connectivity index (χ1v) is 7.58. The maximum absolute atomic E-state index is 9.47. The van der Waals surface area contributed by atoms with Crippen molar-refractivity contribution in [2.24, 2.45) is 0 Å². The lowest BCUT2D eigenvalue weighted by molar-refractivity contribution is 0.122. The number of nitriles is 1. The Kier molecular flexibility index (Phi) is 5.58. The summed E-state index contributed by atoms with van der Waals surface area (Å²) in [6.45, 7) is 4.67. The van der Waals surface area contributed by atoms with Crippen LogP contribution in [0.25, 0.3) is 0 Å². The molecule has 1 aromatic carbocycles. The fourth-order valence-corrected chi connectivity index (χ4v) is 2.76. The highest BCUT2D eigenvalue weighted by atomic mass is 16.5. The molecule has 0 aliphatic heterocycles. The van der Waals surface area contributed by atoms with Crippen LogP contribution in [0.15, 0.2) is 30.3 Å². The van der Waals surface area contributed by atoms with Crippen LogP contribution in [0, 0.1) is 11.3 Å². The summed E-state index contributed by atoms with van der Waals surface area (Å²) in [5.41, 5.74) is 0.877. The summed E-state index contributed by atoms with van der Waals surface area (Å²) in [6.07, 6.45) is 4.12. The molecule has 1 saturated carbocycles. The lowest BCUT2D eigenvalue weighted by Crippen LogP contribution is -2.51. The molecule has 108 valence electrons. The van der Waals surface area contributed by atoms with Crippen molar-refractivity contribution < 1.29 is 4.74 Å². The highest BCUT2D eigenvalue weighted by molar-refractivity contribution is 5.36. The van der Waals surface area contributed by atoms with Gasteiger partial charge in [0.15, 0.2) is 0 Å². The summed E-state index contributed by atoms with van der Waals surface area (Å²) < 4.78 is 5.53. The Morgan fingerprint density at radius 1 is 1.30 bits per heavy atom. The van der Waals surface area contributed by atoms with Crippen molar-refractivity contribution in [3.63, 3.8) is 0 Å². The predicted molar refractivity (Wildman–Crippen MR) is 80.5 cm³/mol. The zero-order valence-corrected chi connectivity index (χ0v) is 12.3. The van der Waals surface area contributed by atoms with Gasteiger partial charge in [0.1, 0.15) is 0 Å². The number of unbranched alkanes of at least 4 members (excludes halogenated alkanes) is 1. The van der Waals surface area contributed by atoms with Crippen molar-refractivity contribution >= 4 is 0 Å². The van der Waals surface area contributed by atoms with Gasteiger partial charge in [-0.05, 0) is 24.8 Å². The number of ether oxygens (including phenoxy) is 1. The summed E-state index contributed by atoms with van der Waals surface area (Å²) in [7, 11) is 0. The monoisotopic (exact) mass is 272 g/mol. The second-order valence-corrected chi connectivity index (χ2v) is 5.59. The van der Waals surface area contributed by atoms with Crippen LogP contribution >= 0.6 is 0 Å². The van der Waals surface area contributed by atoms with Gasteiger partial charge >= 0.3 is 0 Å². The summed E-state index contributed by atoms with van der Waals surface area (Å²) >= 11 is 0. The van der Waals surface area contributed by atoms with Crippen molar-refractivity contribution in [3.8, 4) is 6.07 Å². The first-order chi connectivity index (χ1) is 9.80. The largest absolute Gasteiger partial charge is 0.380 e. The lowest BCUT2D eigenvalue weighted by Gasteiger charge is -2.43. The van der Waals surface area contributed by atoms with Crippen LogP contribution < -0.4 is 5.32 Å². The van der Waals surface area contributed by atoms with Gasteiger partial charge in [0, 0.05) is 19.2 Å². The highest BCUT2D eigenvalue weighted by Gasteiger charge is 2.45. The van der Waals surface area contributed by atoms with Gasteiger partial charge in [-0.3, -0.25) is 0 Å². The maximum Gasteiger partial charge on any atom is 0.0852 e. The molecule has 0 atom stereocenters. The Hall–Kier alpha value is -1.37. The average molecular weight is 272 g/mol. The maximum atomic E-state index is 9.47. The minimum absolute atomic E-state index is 0.276. The molecule has 0 unspecified atom stereocenters. The van der Waals surface area contributed by atoms with Crippen LogP contribution in [0.2, 0.25) is 0 Å². The number of nitrogens with zero attached hydrogens (tertiary/aromatic N) is 1. The summed E-state index contributed by atoms with van der Waals surface area (Å²) in [4.78, 5) is 0. The van der Waals surface area contributed by atoms with E-state index in [0.717, 1.165) is 44.6 Å². The van der Waals surface area contributed by atoms with Crippen molar-refractivity contribution in [2.75, 3.05) is 19.8 Å². The third-order valence-corrected chi connectivity index (χ3v) is 4.05. The molecule has 0 radical (unpaired) electrons. The Labute approximate surface area is 121 Å². The molecular formula is C17H24N2O. The summed E-state index contributed by atoms with van der Waals surface area (Å²) in [5.74, 6) is 0. The predicted octanol–water partition coefficient (Wildman–Crippen LogP) is 3.02. The van der Waals surface area contributed by atoms with E-state index in [1.165, 1.54) is 6.42 Å². The third-order valence-electron chi connectivity index (χ3n) is 4.05. The highest BCUT2D eigenvalue weighted by Crippen LogP contribution is 2.43. The zero-order valence-electron chi connectivity index (χ0n) is 12.3. The number of hydrogen-bond donors (Lipinski definition) is 1. The minimum Gasteiger partial charge on any atom is -0.380 e. The molecule has 20 heavy (non-hydrogen) atoms. The molecule has 1 N–H and O–H groups in total. The van der Waals surface area contributed by atoms with Gasteiger partial charge in [-0.2, -0.15) is 5.26 Å². The van der Waals surface area contributed by atoms with E-state index in [9.17, 15) is 5.26 Å². The quantitative estimate of drug-likeness (QED) is 0.740.